The summed E-state index contributed by atoms with van der Waals surface area (Å²) in [5.41, 5.74) is 8.61. The maximum absolute atomic E-state index is 12.3. The number of pyridine rings is 1. The molecule has 0 radical (unpaired) electrons. The first-order chi connectivity index (χ1) is 14.9. The summed E-state index contributed by atoms with van der Waals surface area (Å²) in [4.78, 5) is 16.8. The summed E-state index contributed by atoms with van der Waals surface area (Å²) in [5.74, 6) is 6.85. The van der Waals surface area contributed by atoms with E-state index in [1.54, 1.807) is 13.1 Å². The van der Waals surface area contributed by atoms with Crippen molar-refractivity contribution in [3.8, 4) is 5.75 Å². The maximum atomic E-state index is 12.3. The van der Waals surface area contributed by atoms with Crippen molar-refractivity contribution in [2.75, 3.05) is 7.05 Å². The predicted molar refractivity (Wildman–Crippen MR) is 119 cm³/mol. The van der Waals surface area contributed by atoms with Gasteiger partial charge in [0.2, 0.25) is 0 Å². The fourth-order valence-electron chi connectivity index (χ4n) is 3.51. The molecule has 8 heteroatoms. The number of carbonyl (C=O) groups excluding carboxylic acids is 1. The van der Waals surface area contributed by atoms with Crippen LogP contribution in [0.1, 0.15) is 49.1 Å². The number of hydrogen-bond acceptors (Lipinski definition) is 7. The first kappa shape index (κ1) is 22.4. The highest BCUT2D eigenvalue weighted by Gasteiger charge is 2.18. The summed E-state index contributed by atoms with van der Waals surface area (Å²) in [6.07, 6.45) is 5.38. The second-order valence-corrected chi connectivity index (χ2v) is 7.72. The van der Waals surface area contributed by atoms with E-state index in [1.807, 2.05) is 43.3 Å². The Morgan fingerprint density at radius 1 is 1.16 bits per heavy atom. The van der Waals surface area contributed by atoms with Crippen molar-refractivity contribution >= 4 is 11.8 Å². The summed E-state index contributed by atoms with van der Waals surface area (Å²) >= 11 is 0. The van der Waals surface area contributed by atoms with Gasteiger partial charge in [-0.25, -0.2) is 15.6 Å². The third-order valence-electron chi connectivity index (χ3n) is 5.20. The van der Waals surface area contributed by atoms with E-state index in [1.165, 1.54) is 24.3 Å². The molecule has 1 fully saturated rings. The molecule has 31 heavy (non-hydrogen) atoms. The number of nitrogens with one attached hydrogen (secondary N) is 1. The first-order valence-corrected chi connectivity index (χ1v) is 10.5. The molecule has 1 aromatic carbocycles. The Morgan fingerprint density at radius 2 is 1.87 bits per heavy atom. The van der Waals surface area contributed by atoms with Crippen LogP contribution in [-0.4, -0.2) is 29.2 Å². The standard InChI is InChI=1S/C23H31N5O3/c1-16-20(31-18-11-7-4-8-12-18)14-13-19(26-16)21(24)22(28(2)25)27-23(29)30-15-17-9-5-3-6-10-17/h3,5-6,9-10,13-14,18H,4,7-8,11-12,15,24-25H2,1-2H3,(H,27,29)/b22-21-. The van der Waals surface area contributed by atoms with Gasteiger partial charge in [-0.05, 0) is 50.3 Å². The molecule has 1 aliphatic carbocycles. The molecule has 2 aromatic rings. The van der Waals surface area contributed by atoms with Gasteiger partial charge in [0.15, 0.2) is 5.82 Å². The molecule has 1 aliphatic rings. The van der Waals surface area contributed by atoms with Crippen LogP contribution in [0.2, 0.25) is 0 Å². The third kappa shape index (κ3) is 6.36. The fraction of sp³-hybridized carbons (Fsp3) is 0.391. The number of benzene rings is 1. The van der Waals surface area contributed by atoms with Gasteiger partial charge in [0.1, 0.15) is 18.1 Å². The second kappa shape index (κ2) is 10.7. The minimum atomic E-state index is -0.659. The molecule has 166 valence electrons. The lowest BCUT2D eigenvalue weighted by Crippen LogP contribution is -2.39. The minimum Gasteiger partial charge on any atom is -0.489 e. The maximum Gasteiger partial charge on any atom is 0.413 e. The van der Waals surface area contributed by atoms with E-state index in [-0.39, 0.29) is 24.2 Å². The quantitative estimate of drug-likeness (QED) is 0.460. The van der Waals surface area contributed by atoms with Crippen LogP contribution >= 0.6 is 0 Å². The van der Waals surface area contributed by atoms with Gasteiger partial charge in [0, 0.05) is 7.05 Å². The molecular formula is C23H31N5O3. The van der Waals surface area contributed by atoms with Crippen LogP contribution in [0.25, 0.3) is 5.70 Å². The highest BCUT2D eigenvalue weighted by atomic mass is 16.5. The Bertz CT molecular complexity index is 909. The number of hydrogen-bond donors (Lipinski definition) is 3. The number of hydrazine groups is 1. The van der Waals surface area contributed by atoms with Crippen LogP contribution in [0, 0.1) is 6.92 Å². The lowest BCUT2D eigenvalue weighted by Gasteiger charge is -2.24. The normalized spacial score (nSPS) is 15.1. The van der Waals surface area contributed by atoms with Crippen LogP contribution in [0.15, 0.2) is 48.3 Å². The van der Waals surface area contributed by atoms with Crippen molar-refractivity contribution in [2.24, 2.45) is 11.6 Å². The molecule has 0 saturated heterocycles. The molecule has 0 bridgehead atoms. The van der Waals surface area contributed by atoms with Gasteiger partial charge in [-0.1, -0.05) is 36.8 Å². The number of aryl methyl sites for hydroxylation is 1. The summed E-state index contributed by atoms with van der Waals surface area (Å²) < 4.78 is 11.4. The zero-order chi connectivity index (χ0) is 22.2. The van der Waals surface area contributed by atoms with Crippen LogP contribution in [0.4, 0.5) is 4.79 Å². The van der Waals surface area contributed by atoms with Crippen molar-refractivity contribution in [1.82, 2.24) is 15.3 Å². The van der Waals surface area contributed by atoms with Gasteiger partial charge in [-0.3, -0.25) is 10.3 Å². The zero-order valence-corrected chi connectivity index (χ0v) is 18.1. The number of carbonyl (C=O) groups is 1. The van der Waals surface area contributed by atoms with Crippen molar-refractivity contribution in [2.45, 2.75) is 51.7 Å². The molecule has 1 aromatic heterocycles. The number of rotatable bonds is 7. The average Bonchev–Trinajstić information content (AvgIpc) is 2.78. The Balaban J connectivity index is 1.69. The first-order valence-electron chi connectivity index (χ1n) is 10.5. The molecule has 3 rings (SSSR count). The van der Waals surface area contributed by atoms with E-state index in [0.29, 0.717) is 5.69 Å². The Hall–Kier alpha value is -3.26. The van der Waals surface area contributed by atoms with Crippen molar-refractivity contribution in [3.05, 3.63) is 65.2 Å². The lowest BCUT2D eigenvalue weighted by molar-refractivity contribution is 0.139. The lowest BCUT2D eigenvalue weighted by atomic mass is 9.98. The molecule has 0 unspecified atom stereocenters. The highest BCUT2D eigenvalue weighted by molar-refractivity contribution is 5.74. The zero-order valence-electron chi connectivity index (χ0n) is 18.1. The van der Waals surface area contributed by atoms with Gasteiger partial charge in [-0.15, -0.1) is 0 Å². The van der Waals surface area contributed by atoms with Gasteiger partial charge in [-0.2, -0.15) is 0 Å². The summed E-state index contributed by atoms with van der Waals surface area (Å²) in [7, 11) is 1.58. The Morgan fingerprint density at radius 3 is 2.52 bits per heavy atom. The average molecular weight is 426 g/mol. The monoisotopic (exact) mass is 425 g/mol. The summed E-state index contributed by atoms with van der Waals surface area (Å²) in [6, 6.07) is 13.0. The molecule has 5 N–H and O–H groups in total. The summed E-state index contributed by atoms with van der Waals surface area (Å²) in [6.45, 7) is 2.01. The predicted octanol–water partition coefficient (Wildman–Crippen LogP) is 3.42. The van der Waals surface area contributed by atoms with Gasteiger partial charge >= 0.3 is 6.09 Å². The van der Waals surface area contributed by atoms with Crippen LogP contribution in [0.5, 0.6) is 5.75 Å². The van der Waals surface area contributed by atoms with E-state index >= 15 is 0 Å². The number of nitrogens with two attached hydrogens (primary N) is 2. The molecule has 0 atom stereocenters. The van der Waals surface area contributed by atoms with E-state index in [0.717, 1.165) is 29.8 Å². The molecule has 8 nitrogen and oxygen atoms in total. The van der Waals surface area contributed by atoms with Gasteiger partial charge < -0.3 is 15.2 Å². The number of nitrogens with zero attached hydrogens (tertiary/aromatic N) is 2. The van der Waals surface area contributed by atoms with E-state index in [2.05, 4.69) is 10.3 Å². The van der Waals surface area contributed by atoms with Crippen molar-refractivity contribution in [3.63, 3.8) is 0 Å². The molecule has 1 saturated carbocycles. The van der Waals surface area contributed by atoms with E-state index in [4.69, 9.17) is 21.1 Å². The van der Waals surface area contributed by atoms with Crippen LogP contribution < -0.4 is 21.6 Å². The van der Waals surface area contributed by atoms with Gasteiger partial charge in [0.25, 0.3) is 0 Å². The van der Waals surface area contributed by atoms with Crippen molar-refractivity contribution < 1.29 is 14.3 Å². The van der Waals surface area contributed by atoms with Crippen molar-refractivity contribution in [1.29, 1.82) is 0 Å². The Labute approximate surface area is 183 Å². The van der Waals surface area contributed by atoms with Crippen LogP contribution in [-0.2, 0) is 11.3 Å². The number of amides is 1. The summed E-state index contributed by atoms with van der Waals surface area (Å²) in [5, 5.41) is 3.83. The van der Waals surface area contributed by atoms with E-state index in [9.17, 15) is 4.79 Å². The molecule has 0 spiro atoms. The minimum absolute atomic E-state index is 0.138. The molecular weight excluding hydrogens is 394 g/mol. The molecule has 1 heterocycles. The highest BCUT2D eigenvalue weighted by Crippen LogP contribution is 2.26. The number of ether oxygens (including phenoxy) is 2. The van der Waals surface area contributed by atoms with E-state index < -0.39 is 6.09 Å². The Kier molecular flexibility index (Phi) is 7.72. The number of aromatic nitrogens is 1. The number of alkyl carbamates (subject to hydrolysis) is 1. The smallest absolute Gasteiger partial charge is 0.413 e. The SMILES string of the molecule is Cc1nc(/C(N)=C(\NC(=O)OCc2ccccc2)N(C)N)ccc1OC1CCCCC1. The second-order valence-electron chi connectivity index (χ2n) is 7.72. The fourth-order valence-corrected chi connectivity index (χ4v) is 3.51. The topological polar surface area (TPSA) is 116 Å². The van der Waals surface area contributed by atoms with Gasteiger partial charge in [0.05, 0.1) is 17.5 Å². The van der Waals surface area contributed by atoms with Crippen LogP contribution in [0.3, 0.4) is 0 Å². The molecule has 1 amide bonds. The third-order valence-corrected chi connectivity index (χ3v) is 5.20. The molecule has 0 aliphatic heterocycles. The largest absolute Gasteiger partial charge is 0.489 e.